The van der Waals surface area contributed by atoms with Crippen LogP contribution in [0.4, 0.5) is 4.39 Å². The number of hydrogen-bond donors (Lipinski definition) is 1. The van der Waals surface area contributed by atoms with Gasteiger partial charge in [0.15, 0.2) is 0 Å². The summed E-state index contributed by atoms with van der Waals surface area (Å²) in [6.07, 6.45) is 0. The second kappa shape index (κ2) is 4.87. The number of phenols is 1. The van der Waals surface area contributed by atoms with Crippen LogP contribution in [0, 0.1) is 12.7 Å². The second-order valence-corrected chi connectivity index (χ2v) is 3.88. The van der Waals surface area contributed by atoms with E-state index < -0.39 is 5.82 Å². The number of ether oxygens (including phenoxy) is 1. The van der Waals surface area contributed by atoms with Crippen molar-refractivity contribution >= 4 is 0 Å². The summed E-state index contributed by atoms with van der Waals surface area (Å²) in [7, 11) is 0. The Labute approximate surface area is 99.3 Å². The van der Waals surface area contributed by atoms with Crippen molar-refractivity contribution in [3.8, 4) is 11.5 Å². The molecule has 0 aliphatic rings. The monoisotopic (exact) mass is 232 g/mol. The van der Waals surface area contributed by atoms with E-state index >= 15 is 0 Å². The first-order valence-corrected chi connectivity index (χ1v) is 5.32. The highest BCUT2D eigenvalue weighted by Gasteiger charge is 2.03. The number of benzene rings is 2. The lowest BCUT2D eigenvalue weighted by atomic mass is 10.2. The smallest absolute Gasteiger partial charge is 0.126 e. The molecule has 0 saturated heterocycles. The maximum absolute atomic E-state index is 12.8. The van der Waals surface area contributed by atoms with Crippen molar-refractivity contribution in [2.75, 3.05) is 0 Å². The predicted molar refractivity (Wildman–Crippen MR) is 63.6 cm³/mol. The Morgan fingerprint density at radius 3 is 2.71 bits per heavy atom. The predicted octanol–water partition coefficient (Wildman–Crippen LogP) is 3.42. The molecule has 0 heterocycles. The summed E-state index contributed by atoms with van der Waals surface area (Å²) in [4.78, 5) is 0. The number of hydrogen-bond acceptors (Lipinski definition) is 2. The summed E-state index contributed by atoms with van der Waals surface area (Å²) in [5.74, 6) is 0.188. The van der Waals surface area contributed by atoms with Crippen molar-refractivity contribution in [1.29, 1.82) is 0 Å². The molecule has 0 unspecified atom stereocenters. The fourth-order valence-electron chi connectivity index (χ4n) is 1.53. The molecule has 3 heteroatoms. The van der Waals surface area contributed by atoms with Crippen molar-refractivity contribution in [3.63, 3.8) is 0 Å². The van der Waals surface area contributed by atoms with Crippen LogP contribution in [0.15, 0.2) is 42.5 Å². The molecule has 0 radical (unpaired) electrons. The highest BCUT2D eigenvalue weighted by atomic mass is 19.1. The zero-order valence-electron chi connectivity index (χ0n) is 9.48. The third-order valence-corrected chi connectivity index (χ3v) is 2.43. The quantitative estimate of drug-likeness (QED) is 0.878. The molecule has 2 aromatic carbocycles. The van der Waals surface area contributed by atoms with Gasteiger partial charge in [-0.15, -0.1) is 0 Å². The average Bonchev–Trinajstić information content (AvgIpc) is 2.28. The molecule has 0 aromatic heterocycles. The average molecular weight is 232 g/mol. The minimum atomic E-state index is -0.457. The topological polar surface area (TPSA) is 29.5 Å². The van der Waals surface area contributed by atoms with Gasteiger partial charge in [0.2, 0.25) is 0 Å². The van der Waals surface area contributed by atoms with Gasteiger partial charge in [-0.1, -0.05) is 12.1 Å². The minimum absolute atomic E-state index is 0.0855. The number of rotatable bonds is 3. The van der Waals surface area contributed by atoms with E-state index in [0.717, 1.165) is 17.4 Å². The Morgan fingerprint density at radius 1 is 1.18 bits per heavy atom. The summed E-state index contributed by atoms with van der Waals surface area (Å²) in [6, 6.07) is 11.5. The van der Waals surface area contributed by atoms with Crippen molar-refractivity contribution in [3.05, 3.63) is 59.4 Å². The molecule has 0 aliphatic carbocycles. The van der Waals surface area contributed by atoms with Crippen LogP contribution in [0.1, 0.15) is 11.1 Å². The van der Waals surface area contributed by atoms with Gasteiger partial charge < -0.3 is 9.84 Å². The van der Waals surface area contributed by atoms with Crippen LogP contribution >= 0.6 is 0 Å². The zero-order chi connectivity index (χ0) is 12.3. The zero-order valence-corrected chi connectivity index (χ0v) is 9.48. The largest absolute Gasteiger partial charge is 0.507 e. The van der Waals surface area contributed by atoms with E-state index in [1.54, 1.807) is 0 Å². The van der Waals surface area contributed by atoms with E-state index in [1.807, 2.05) is 31.2 Å². The summed E-state index contributed by atoms with van der Waals surface area (Å²) >= 11 is 0. The molecule has 0 aliphatic heterocycles. The molecule has 2 nitrogen and oxygen atoms in total. The highest BCUT2D eigenvalue weighted by molar-refractivity contribution is 5.33. The molecule has 0 fully saturated rings. The number of aromatic hydroxyl groups is 1. The van der Waals surface area contributed by atoms with E-state index in [4.69, 9.17) is 4.74 Å². The second-order valence-electron chi connectivity index (χ2n) is 3.88. The summed E-state index contributed by atoms with van der Waals surface area (Å²) in [5, 5.41) is 9.50. The van der Waals surface area contributed by atoms with Crippen LogP contribution in [0.2, 0.25) is 0 Å². The normalized spacial score (nSPS) is 10.2. The van der Waals surface area contributed by atoms with Crippen LogP contribution < -0.4 is 4.74 Å². The molecule has 2 aromatic rings. The van der Waals surface area contributed by atoms with E-state index in [0.29, 0.717) is 5.56 Å². The first-order valence-electron chi connectivity index (χ1n) is 5.32. The number of phenolic OH excluding ortho intramolecular Hbond substituents is 1. The standard InChI is InChI=1S/C14H13FO2/c1-10-3-2-4-13(7-10)17-9-11-5-6-12(15)8-14(11)16/h2-8,16H,9H2,1H3. The maximum Gasteiger partial charge on any atom is 0.126 e. The fourth-order valence-corrected chi connectivity index (χ4v) is 1.53. The van der Waals surface area contributed by atoms with Crippen molar-refractivity contribution < 1.29 is 14.2 Å². The van der Waals surface area contributed by atoms with Crippen LogP contribution in [0.3, 0.4) is 0 Å². The molecule has 0 bridgehead atoms. The van der Waals surface area contributed by atoms with Gasteiger partial charge in [-0.25, -0.2) is 4.39 Å². The minimum Gasteiger partial charge on any atom is -0.507 e. The van der Waals surface area contributed by atoms with Crippen molar-refractivity contribution in [1.82, 2.24) is 0 Å². The molecule has 1 N–H and O–H groups in total. The molecule has 0 atom stereocenters. The van der Waals surface area contributed by atoms with Crippen LogP contribution in [0.25, 0.3) is 0 Å². The van der Waals surface area contributed by atoms with Gasteiger partial charge in [0.05, 0.1) is 0 Å². The molecule has 2 rings (SSSR count). The van der Waals surface area contributed by atoms with Crippen LogP contribution in [-0.2, 0) is 6.61 Å². The van der Waals surface area contributed by atoms with Gasteiger partial charge in [0, 0.05) is 11.6 Å². The molecule has 88 valence electrons. The number of aryl methyl sites for hydroxylation is 1. The third kappa shape index (κ3) is 2.97. The Hall–Kier alpha value is -2.03. The Kier molecular flexibility index (Phi) is 3.28. The fraction of sp³-hybridized carbons (Fsp3) is 0.143. The van der Waals surface area contributed by atoms with E-state index in [-0.39, 0.29) is 12.4 Å². The Morgan fingerprint density at radius 2 is 2.00 bits per heavy atom. The lowest BCUT2D eigenvalue weighted by Gasteiger charge is -2.08. The highest BCUT2D eigenvalue weighted by Crippen LogP contribution is 2.21. The number of halogens is 1. The summed E-state index contributed by atoms with van der Waals surface area (Å²) < 4.78 is 18.3. The van der Waals surface area contributed by atoms with E-state index in [2.05, 4.69) is 0 Å². The van der Waals surface area contributed by atoms with Gasteiger partial charge in [0.25, 0.3) is 0 Å². The van der Waals surface area contributed by atoms with Crippen molar-refractivity contribution in [2.45, 2.75) is 13.5 Å². The molecule has 0 amide bonds. The van der Waals surface area contributed by atoms with Gasteiger partial charge >= 0.3 is 0 Å². The molecule has 17 heavy (non-hydrogen) atoms. The summed E-state index contributed by atoms with van der Waals surface area (Å²) in [5.41, 5.74) is 1.67. The molecule has 0 saturated carbocycles. The first-order chi connectivity index (χ1) is 8.15. The lowest BCUT2D eigenvalue weighted by molar-refractivity contribution is 0.298. The van der Waals surface area contributed by atoms with Crippen LogP contribution in [-0.4, -0.2) is 5.11 Å². The Bertz CT molecular complexity index is 523. The Balaban J connectivity index is 2.07. The van der Waals surface area contributed by atoms with Gasteiger partial charge in [-0.2, -0.15) is 0 Å². The molecular weight excluding hydrogens is 219 g/mol. The van der Waals surface area contributed by atoms with Gasteiger partial charge in [-0.05, 0) is 36.8 Å². The lowest BCUT2D eigenvalue weighted by Crippen LogP contribution is -1.96. The van der Waals surface area contributed by atoms with E-state index in [9.17, 15) is 9.50 Å². The maximum atomic E-state index is 12.8. The first kappa shape index (κ1) is 11.5. The SMILES string of the molecule is Cc1cccc(OCc2ccc(F)cc2O)c1. The summed E-state index contributed by atoms with van der Waals surface area (Å²) in [6.45, 7) is 2.19. The van der Waals surface area contributed by atoms with Gasteiger partial charge in [-0.3, -0.25) is 0 Å². The van der Waals surface area contributed by atoms with Gasteiger partial charge in [0.1, 0.15) is 23.9 Å². The van der Waals surface area contributed by atoms with E-state index in [1.165, 1.54) is 12.1 Å². The van der Waals surface area contributed by atoms with Crippen LogP contribution in [0.5, 0.6) is 11.5 Å². The van der Waals surface area contributed by atoms with Crippen molar-refractivity contribution in [2.24, 2.45) is 0 Å². The molecular formula is C14H13FO2. The molecule has 0 spiro atoms. The third-order valence-electron chi connectivity index (χ3n) is 2.43.